The van der Waals surface area contributed by atoms with Gasteiger partial charge in [-0.05, 0) is 31.5 Å². The summed E-state index contributed by atoms with van der Waals surface area (Å²) in [6, 6.07) is 13.4. The number of hydrogen-bond donors (Lipinski definition) is 0. The third-order valence-electron chi connectivity index (χ3n) is 3.88. The molecule has 1 heterocycles. The lowest BCUT2D eigenvalue weighted by molar-refractivity contribution is 0.609. The van der Waals surface area contributed by atoms with Gasteiger partial charge in [0.05, 0.1) is 0 Å². The molecule has 0 fully saturated rings. The van der Waals surface area contributed by atoms with Crippen molar-refractivity contribution in [3.8, 4) is 11.5 Å². The van der Waals surface area contributed by atoms with E-state index in [2.05, 4.69) is 0 Å². The number of rotatable bonds is 0. The van der Waals surface area contributed by atoms with Crippen LogP contribution in [0.25, 0.3) is 33.3 Å². The van der Waals surface area contributed by atoms with Crippen LogP contribution >= 0.6 is 0 Å². The molecule has 0 saturated carbocycles. The summed E-state index contributed by atoms with van der Waals surface area (Å²) in [5, 5.41) is 1.53. The van der Waals surface area contributed by atoms with E-state index in [4.69, 9.17) is 9.40 Å². The molecule has 0 N–H and O–H groups in total. The Kier molecular flexibility index (Phi) is 2.39. The Morgan fingerprint density at radius 1 is 1.00 bits per heavy atom. The average molecular weight is 275 g/mol. The van der Waals surface area contributed by atoms with Crippen molar-refractivity contribution in [3.05, 3.63) is 63.8 Å². The highest BCUT2D eigenvalue weighted by atomic mass is 16.3. The van der Waals surface area contributed by atoms with Crippen LogP contribution in [0.15, 0.2) is 51.7 Å². The smallest absolute Gasteiger partial charge is 0.193 e. The van der Waals surface area contributed by atoms with Crippen LogP contribution in [0.2, 0.25) is 0 Å². The van der Waals surface area contributed by atoms with Crippen LogP contribution in [0.1, 0.15) is 11.1 Å². The minimum Gasteiger partial charge on any atom is -0.452 e. The Morgan fingerprint density at radius 2 is 1.76 bits per heavy atom. The molecule has 2 aromatic rings. The lowest BCUT2D eigenvalue weighted by Gasteiger charge is -2.12. The van der Waals surface area contributed by atoms with Crippen LogP contribution in [0.4, 0.5) is 0 Å². The second-order valence-electron chi connectivity index (χ2n) is 5.36. The summed E-state index contributed by atoms with van der Waals surface area (Å²) in [5.41, 5.74) is 4.01. The van der Waals surface area contributed by atoms with Crippen LogP contribution in [-0.4, -0.2) is 4.98 Å². The molecule has 102 valence electrons. The first-order chi connectivity index (χ1) is 10.1. The Balaban J connectivity index is 2.30. The first kappa shape index (κ1) is 12.1. The van der Waals surface area contributed by atoms with E-state index >= 15 is 0 Å². The van der Waals surface area contributed by atoms with Gasteiger partial charge >= 0.3 is 0 Å². The Hall–Kier alpha value is -2.68. The third-order valence-corrected chi connectivity index (χ3v) is 3.88. The molecule has 0 radical (unpaired) electrons. The normalized spacial score (nSPS) is 11.5. The van der Waals surface area contributed by atoms with Crippen LogP contribution in [0, 0.1) is 13.8 Å². The van der Waals surface area contributed by atoms with E-state index in [-0.39, 0.29) is 5.43 Å². The fourth-order valence-electron chi connectivity index (χ4n) is 2.76. The van der Waals surface area contributed by atoms with Gasteiger partial charge in [0, 0.05) is 16.3 Å². The highest BCUT2D eigenvalue weighted by molar-refractivity contribution is 5.97. The first-order valence-corrected chi connectivity index (χ1v) is 6.87. The summed E-state index contributed by atoms with van der Waals surface area (Å²) in [7, 11) is 0. The van der Waals surface area contributed by atoms with Crippen molar-refractivity contribution in [2.45, 2.75) is 13.8 Å². The molecular weight excluding hydrogens is 262 g/mol. The Morgan fingerprint density at radius 3 is 2.57 bits per heavy atom. The summed E-state index contributed by atoms with van der Waals surface area (Å²) in [4.78, 5) is 17.2. The van der Waals surface area contributed by atoms with Gasteiger partial charge in [0.15, 0.2) is 16.8 Å². The van der Waals surface area contributed by atoms with Gasteiger partial charge in [0.2, 0.25) is 0 Å². The molecule has 4 rings (SSSR count). The lowest BCUT2D eigenvalue weighted by Crippen LogP contribution is -2.09. The van der Waals surface area contributed by atoms with Crippen molar-refractivity contribution < 1.29 is 4.42 Å². The van der Waals surface area contributed by atoms with Gasteiger partial charge < -0.3 is 4.42 Å². The molecule has 2 aliphatic rings. The predicted octanol–water partition coefficient (Wildman–Crippen LogP) is 4.06. The first-order valence-electron chi connectivity index (χ1n) is 6.87. The largest absolute Gasteiger partial charge is 0.452 e. The monoisotopic (exact) mass is 275 g/mol. The fourth-order valence-corrected chi connectivity index (χ4v) is 2.76. The zero-order valence-corrected chi connectivity index (χ0v) is 11.8. The topological polar surface area (TPSA) is 43.1 Å². The molecule has 3 nitrogen and oxygen atoms in total. The maximum Gasteiger partial charge on any atom is 0.193 e. The van der Waals surface area contributed by atoms with E-state index in [0.717, 1.165) is 22.2 Å². The molecule has 0 atom stereocenters. The van der Waals surface area contributed by atoms with Gasteiger partial charge in [-0.3, -0.25) is 4.79 Å². The highest BCUT2D eigenvalue weighted by Gasteiger charge is 2.19. The van der Waals surface area contributed by atoms with E-state index in [1.165, 1.54) is 0 Å². The van der Waals surface area contributed by atoms with Crippen molar-refractivity contribution >= 4 is 21.9 Å². The zero-order valence-electron chi connectivity index (χ0n) is 11.8. The van der Waals surface area contributed by atoms with Gasteiger partial charge in [-0.2, -0.15) is 0 Å². The molecule has 0 amide bonds. The highest BCUT2D eigenvalue weighted by Crippen LogP contribution is 2.32. The number of hydrogen-bond acceptors (Lipinski definition) is 3. The number of nitrogens with zero attached hydrogens (tertiary/aromatic N) is 1. The predicted molar refractivity (Wildman–Crippen MR) is 83.9 cm³/mol. The van der Waals surface area contributed by atoms with Crippen molar-refractivity contribution in [2.24, 2.45) is 0 Å². The molecule has 0 spiro atoms. The minimum atomic E-state index is 0.00936. The van der Waals surface area contributed by atoms with Crippen LogP contribution in [0.3, 0.4) is 0 Å². The van der Waals surface area contributed by atoms with Crippen molar-refractivity contribution in [1.29, 1.82) is 0 Å². The van der Waals surface area contributed by atoms with Gasteiger partial charge in [0.1, 0.15) is 11.2 Å². The number of fused-ring (bicyclic) bond motifs is 4. The molecular formula is C18H13NO2. The van der Waals surface area contributed by atoms with Crippen molar-refractivity contribution in [2.75, 3.05) is 0 Å². The molecule has 0 bridgehead atoms. The van der Waals surface area contributed by atoms with Gasteiger partial charge in [0.25, 0.3) is 0 Å². The lowest BCUT2D eigenvalue weighted by atomic mass is 10.0. The van der Waals surface area contributed by atoms with E-state index in [0.29, 0.717) is 22.3 Å². The average Bonchev–Trinajstić information content (AvgIpc) is 2.51. The summed E-state index contributed by atoms with van der Waals surface area (Å²) >= 11 is 0. The zero-order chi connectivity index (χ0) is 14.6. The molecule has 2 aromatic carbocycles. The molecule has 0 saturated heterocycles. The number of benzene rings is 3. The summed E-state index contributed by atoms with van der Waals surface area (Å²) in [5.74, 6) is 0.579. The standard InChI is InChI=1S/C18H13NO2/c1-10-7-8-15-14(9-10)19-16-12-5-3-4-6-13(12)17(20)11(2)18(16)21-15/h3-9H,1-2H3. The number of aryl methyl sites for hydroxylation is 1. The van der Waals surface area contributed by atoms with Crippen LogP contribution in [-0.2, 0) is 0 Å². The Labute approximate surface area is 121 Å². The van der Waals surface area contributed by atoms with E-state index in [9.17, 15) is 4.79 Å². The van der Waals surface area contributed by atoms with Crippen LogP contribution in [0.5, 0.6) is 0 Å². The maximum atomic E-state index is 12.4. The van der Waals surface area contributed by atoms with E-state index < -0.39 is 0 Å². The van der Waals surface area contributed by atoms with E-state index in [1.54, 1.807) is 6.92 Å². The molecule has 1 aliphatic heterocycles. The second-order valence-corrected chi connectivity index (χ2v) is 5.36. The Bertz CT molecular complexity index is 1030. The van der Waals surface area contributed by atoms with Gasteiger partial charge in [-0.15, -0.1) is 0 Å². The molecule has 0 aromatic heterocycles. The SMILES string of the molecule is Cc1ccc2oc3c(C)c(=O)c4ccccc4c-3nc2c1. The summed E-state index contributed by atoms with van der Waals surface area (Å²) in [6.45, 7) is 3.82. The summed E-state index contributed by atoms with van der Waals surface area (Å²) in [6.07, 6.45) is 0. The maximum absolute atomic E-state index is 12.4. The second kappa shape index (κ2) is 4.16. The quantitative estimate of drug-likeness (QED) is 0.359. The van der Waals surface area contributed by atoms with Crippen LogP contribution < -0.4 is 5.43 Å². The van der Waals surface area contributed by atoms with E-state index in [1.807, 2.05) is 49.4 Å². The third kappa shape index (κ3) is 1.67. The van der Waals surface area contributed by atoms with Gasteiger partial charge in [-0.25, -0.2) is 4.98 Å². The minimum absolute atomic E-state index is 0.00936. The fraction of sp³-hybridized carbons (Fsp3) is 0.111. The summed E-state index contributed by atoms with van der Waals surface area (Å²) < 4.78 is 5.96. The van der Waals surface area contributed by atoms with Crippen molar-refractivity contribution in [1.82, 2.24) is 4.98 Å². The molecule has 1 aliphatic carbocycles. The molecule has 21 heavy (non-hydrogen) atoms. The van der Waals surface area contributed by atoms with Gasteiger partial charge in [-0.1, -0.05) is 30.3 Å². The molecule has 0 unspecified atom stereocenters. The number of aromatic nitrogens is 1. The van der Waals surface area contributed by atoms with Crippen molar-refractivity contribution in [3.63, 3.8) is 0 Å². The molecule has 3 heteroatoms.